The molecule has 1 aliphatic rings. The van der Waals surface area contributed by atoms with Gasteiger partial charge >= 0.3 is 5.69 Å². The van der Waals surface area contributed by atoms with E-state index < -0.39 is 43.0 Å². The first-order valence-electron chi connectivity index (χ1n) is 7.19. The van der Waals surface area contributed by atoms with Crippen LogP contribution < -0.4 is 11.4 Å². The monoisotopic (exact) mass is 317 g/mol. The first-order valence-corrected chi connectivity index (χ1v) is 6.19. The third-order valence-electron chi connectivity index (χ3n) is 3.23. The quantitative estimate of drug-likeness (QED) is 0.608. The van der Waals surface area contributed by atoms with Crippen LogP contribution >= 0.6 is 0 Å². The number of alkyl halides is 2. The molecule has 1 aliphatic heterocycles. The minimum Gasteiger partial charge on any atom is -0.394 e. The molecule has 120 valence electrons. The van der Waals surface area contributed by atoms with E-state index in [1.165, 1.54) is 13.0 Å². The highest BCUT2D eigenvalue weighted by Crippen LogP contribution is 2.41. The minimum atomic E-state index is -3.14. The number of halogens is 2. The zero-order valence-electron chi connectivity index (χ0n) is 13.5. The highest BCUT2D eigenvalue weighted by atomic mass is 19.1. The van der Waals surface area contributed by atoms with Crippen LogP contribution in [0, 0.1) is 18.8 Å². The number of nitrogens with zero attached hydrogens (tertiary/aromatic N) is 2. The Bertz CT molecular complexity index is 758. The van der Waals surface area contributed by atoms with Crippen LogP contribution in [0.4, 0.5) is 14.6 Å². The molecule has 9 heteroatoms. The lowest BCUT2D eigenvalue weighted by Gasteiger charge is -2.25. The van der Waals surface area contributed by atoms with Gasteiger partial charge in [0.2, 0.25) is 5.67 Å². The van der Waals surface area contributed by atoms with Crippen molar-refractivity contribution in [3.05, 3.63) is 22.2 Å². The van der Waals surface area contributed by atoms with Gasteiger partial charge in [0.15, 0.2) is 6.23 Å². The molecule has 0 aliphatic carbocycles. The smallest absolute Gasteiger partial charge is 0.351 e. The number of aryl methyl sites for hydroxylation is 1. The lowest BCUT2D eigenvalue weighted by Crippen LogP contribution is -2.45. The molecule has 1 aromatic rings. The Hall–Kier alpha value is -2.02. The standard InChI is InChI=1S/C13H15F2N3O4/c1-7-5-9(16)17-12(21)18(7)11-13(15,3-2-4-14)10(20)8(6-19)22-11/h5,8,10-11,19-20H,4,6H2,1H3,(H2,16,17,21)/t8-,10+,11-,13?/m1/s1/i6D2. The summed E-state index contributed by atoms with van der Waals surface area (Å²) in [6.07, 6.45) is -6.31. The molecule has 2 rings (SSSR count). The van der Waals surface area contributed by atoms with E-state index in [1.54, 1.807) is 5.92 Å². The Morgan fingerprint density at radius 3 is 2.95 bits per heavy atom. The van der Waals surface area contributed by atoms with E-state index >= 15 is 4.39 Å². The van der Waals surface area contributed by atoms with E-state index in [9.17, 15) is 19.4 Å². The van der Waals surface area contributed by atoms with Gasteiger partial charge in [-0.25, -0.2) is 13.6 Å². The number of rotatable bonds is 2. The van der Waals surface area contributed by atoms with Crippen LogP contribution in [0.5, 0.6) is 0 Å². The summed E-state index contributed by atoms with van der Waals surface area (Å²) >= 11 is 0. The Morgan fingerprint density at radius 2 is 2.41 bits per heavy atom. The van der Waals surface area contributed by atoms with Crippen LogP contribution in [0.3, 0.4) is 0 Å². The fourth-order valence-corrected chi connectivity index (χ4v) is 2.25. The Kier molecular flexibility index (Phi) is 3.72. The van der Waals surface area contributed by atoms with Crippen molar-refractivity contribution in [1.82, 2.24) is 9.55 Å². The molecular weight excluding hydrogens is 300 g/mol. The lowest BCUT2D eigenvalue weighted by atomic mass is 9.96. The van der Waals surface area contributed by atoms with Gasteiger partial charge in [-0.1, -0.05) is 11.8 Å². The molecule has 22 heavy (non-hydrogen) atoms. The number of hydrogen-bond donors (Lipinski definition) is 3. The molecule has 1 aromatic heterocycles. The van der Waals surface area contributed by atoms with Crippen molar-refractivity contribution >= 4 is 5.82 Å². The van der Waals surface area contributed by atoms with E-state index in [4.69, 9.17) is 13.2 Å². The van der Waals surface area contributed by atoms with Crippen LogP contribution in [-0.2, 0) is 4.74 Å². The van der Waals surface area contributed by atoms with E-state index in [1.807, 2.05) is 5.92 Å². The first-order chi connectivity index (χ1) is 11.0. The summed E-state index contributed by atoms with van der Waals surface area (Å²) < 4.78 is 47.8. The second-order valence-electron chi connectivity index (χ2n) is 4.66. The van der Waals surface area contributed by atoms with Gasteiger partial charge in [-0.3, -0.25) is 4.57 Å². The van der Waals surface area contributed by atoms with E-state index in [2.05, 4.69) is 4.98 Å². The summed E-state index contributed by atoms with van der Waals surface area (Å²) in [6.45, 7) is -3.00. The Morgan fingerprint density at radius 1 is 1.73 bits per heavy atom. The van der Waals surface area contributed by atoms with Crippen LogP contribution in [0.15, 0.2) is 10.9 Å². The first kappa shape index (κ1) is 13.6. The number of hydrogen-bond acceptors (Lipinski definition) is 6. The average Bonchev–Trinajstić information content (AvgIpc) is 2.69. The number of nitrogens with two attached hydrogens (primary N) is 1. The molecule has 0 saturated carbocycles. The second kappa shape index (κ2) is 6.00. The van der Waals surface area contributed by atoms with Crippen LogP contribution in [0.2, 0.25) is 0 Å². The highest BCUT2D eigenvalue weighted by molar-refractivity contribution is 5.30. The minimum absolute atomic E-state index is 0.0907. The molecule has 7 nitrogen and oxygen atoms in total. The van der Waals surface area contributed by atoms with Gasteiger partial charge in [-0.2, -0.15) is 4.98 Å². The summed E-state index contributed by atoms with van der Waals surface area (Å²) in [5.41, 5.74) is 1.41. The predicted octanol–water partition coefficient (Wildman–Crippen LogP) is -0.934. The molecular formula is C13H15F2N3O4. The molecule has 1 fully saturated rings. The molecule has 1 saturated heterocycles. The Labute approximate surface area is 127 Å². The maximum Gasteiger partial charge on any atom is 0.351 e. The van der Waals surface area contributed by atoms with Crippen LogP contribution in [-0.4, -0.2) is 50.9 Å². The lowest BCUT2D eigenvalue weighted by molar-refractivity contribution is -0.0551. The fraction of sp³-hybridized carbons (Fsp3) is 0.538. The number of aromatic nitrogens is 2. The predicted molar refractivity (Wildman–Crippen MR) is 72.2 cm³/mol. The zero-order valence-corrected chi connectivity index (χ0v) is 11.5. The third-order valence-corrected chi connectivity index (χ3v) is 3.23. The molecule has 0 aromatic carbocycles. The number of ether oxygens (including phenoxy) is 1. The highest BCUT2D eigenvalue weighted by Gasteiger charge is 2.58. The maximum atomic E-state index is 15.3. The van der Waals surface area contributed by atoms with Crippen LogP contribution in [0.25, 0.3) is 0 Å². The molecule has 0 amide bonds. The van der Waals surface area contributed by atoms with Gasteiger partial charge in [-0.05, 0) is 13.0 Å². The number of aliphatic hydroxyl groups is 2. The molecule has 0 bridgehead atoms. The van der Waals surface area contributed by atoms with Gasteiger partial charge in [0.25, 0.3) is 0 Å². The van der Waals surface area contributed by atoms with Crippen molar-refractivity contribution in [3.8, 4) is 11.8 Å². The molecule has 2 heterocycles. The fourth-order valence-electron chi connectivity index (χ4n) is 2.25. The van der Waals surface area contributed by atoms with Crippen molar-refractivity contribution in [2.45, 2.75) is 31.0 Å². The number of anilines is 1. The maximum absolute atomic E-state index is 15.3. The number of nitrogen functional groups attached to an aromatic ring is 1. The summed E-state index contributed by atoms with van der Waals surface area (Å²) in [6, 6.07) is 1.22. The van der Waals surface area contributed by atoms with Gasteiger partial charge in [0, 0.05) is 5.69 Å². The van der Waals surface area contributed by atoms with Gasteiger partial charge in [-0.15, -0.1) is 0 Å². The summed E-state index contributed by atoms with van der Waals surface area (Å²) in [7, 11) is 0. The molecule has 0 radical (unpaired) electrons. The summed E-state index contributed by atoms with van der Waals surface area (Å²) in [5.74, 6) is 3.46. The zero-order chi connectivity index (χ0) is 18.3. The van der Waals surface area contributed by atoms with Crippen molar-refractivity contribution in [2.75, 3.05) is 19.0 Å². The van der Waals surface area contributed by atoms with Crippen molar-refractivity contribution in [3.63, 3.8) is 0 Å². The summed E-state index contributed by atoms with van der Waals surface area (Å²) in [5, 5.41) is 19.5. The van der Waals surface area contributed by atoms with Gasteiger partial charge in [0.05, 0.1) is 9.30 Å². The van der Waals surface area contributed by atoms with Gasteiger partial charge < -0.3 is 20.7 Å². The van der Waals surface area contributed by atoms with Crippen molar-refractivity contribution in [1.29, 1.82) is 0 Å². The summed E-state index contributed by atoms with van der Waals surface area (Å²) in [4.78, 5) is 15.5. The topological polar surface area (TPSA) is 111 Å². The molecule has 1 unspecified atom stereocenters. The SMILES string of the molecule is [2H]C([2H])(O)[C@H]1O[C@@H](n2c(C)cc(N)nc2=O)C(F)(C#CCF)[C@H]1O. The third kappa shape index (κ3) is 2.56. The van der Waals surface area contributed by atoms with Crippen molar-refractivity contribution < 1.29 is 26.5 Å². The van der Waals surface area contributed by atoms with E-state index in [0.717, 1.165) is 0 Å². The van der Waals surface area contributed by atoms with E-state index in [0.29, 0.717) is 4.57 Å². The van der Waals surface area contributed by atoms with E-state index in [-0.39, 0.29) is 11.5 Å². The van der Waals surface area contributed by atoms with Crippen LogP contribution in [0.1, 0.15) is 14.7 Å². The second-order valence-corrected chi connectivity index (χ2v) is 4.66. The molecule has 4 atom stereocenters. The van der Waals surface area contributed by atoms with Gasteiger partial charge in [0.1, 0.15) is 24.7 Å². The normalized spacial score (nSPS) is 32.9. The molecule has 0 spiro atoms. The van der Waals surface area contributed by atoms with Crippen molar-refractivity contribution in [2.24, 2.45) is 0 Å². The molecule has 4 N–H and O–H groups in total. The number of aliphatic hydroxyl groups excluding tert-OH is 1. The Balaban J connectivity index is 2.64. The largest absolute Gasteiger partial charge is 0.394 e. The average molecular weight is 317 g/mol.